The zero-order valence-corrected chi connectivity index (χ0v) is 17.6. The van der Waals surface area contributed by atoms with Crippen molar-refractivity contribution in [2.45, 2.75) is 6.92 Å². The Hall–Kier alpha value is -3.57. The van der Waals surface area contributed by atoms with Crippen LogP contribution in [0.2, 0.25) is 5.02 Å². The molecule has 0 amide bonds. The third-order valence-electron chi connectivity index (χ3n) is 4.52. The van der Waals surface area contributed by atoms with Gasteiger partial charge in [-0.25, -0.2) is 9.79 Å². The fraction of sp³-hybridized carbons (Fsp3) is 0.120. The van der Waals surface area contributed by atoms with Crippen molar-refractivity contribution < 1.29 is 19.0 Å². The first-order valence-corrected chi connectivity index (χ1v) is 10.2. The number of rotatable bonds is 7. The first kappa shape index (κ1) is 20.7. The van der Waals surface area contributed by atoms with Gasteiger partial charge in [0, 0.05) is 16.1 Å². The summed E-state index contributed by atoms with van der Waals surface area (Å²) in [4.78, 5) is 16.7. The predicted molar refractivity (Wildman–Crippen MR) is 121 cm³/mol. The van der Waals surface area contributed by atoms with Crippen LogP contribution >= 0.6 is 11.6 Å². The Morgan fingerprint density at radius 1 is 0.968 bits per heavy atom. The molecular weight excluding hydrogens is 414 g/mol. The van der Waals surface area contributed by atoms with E-state index in [1.807, 2.05) is 55.5 Å². The van der Waals surface area contributed by atoms with E-state index in [-0.39, 0.29) is 5.70 Å². The highest BCUT2D eigenvalue weighted by Gasteiger charge is 2.24. The van der Waals surface area contributed by atoms with Crippen LogP contribution in [0, 0.1) is 6.92 Å². The Bertz CT molecular complexity index is 1140. The number of cyclic esters (lactones) is 1. The first-order valence-electron chi connectivity index (χ1n) is 9.78. The van der Waals surface area contributed by atoms with E-state index >= 15 is 0 Å². The van der Waals surface area contributed by atoms with Crippen molar-refractivity contribution in [2.75, 3.05) is 13.2 Å². The van der Waals surface area contributed by atoms with Crippen LogP contribution in [-0.4, -0.2) is 25.1 Å². The van der Waals surface area contributed by atoms with Crippen LogP contribution < -0.4 is 9.47 Å². The second-order valence-corrected chi connectivity index (χ2v) is 7.33. The van der Waals surface area contributed by atoms with Gasteiger partial charge in [0.05, 0.1) is 0 Å². The van der Waals surface area contributed by atoms with E-state index in [9.17, 15) is 4.79 Å². The van der Waals surface area contributed by atoms with E-state index in [4.69, 9.17) is 25.8 Å². The molecule has 0 saturated carbocycles. The van der Waals surface area contributed by atoms with Crippen LogP contribution in [0.1, 0.15) is 16.7 Å². The predicted octanol–water partition coefficient (Wildman–Crippen LogP) is 5.45. The number of carbonyl (C=O) groups is 1. The number of hydrogen-bond acceptors (Lipinski definition) is 5. The van der Waals surface area contributed by atoms with Crippen LogP contribution in [0.15, 0.2) is 83.5 Å². The fourth-order valence-electron chi connectivity index (χ4n) is 3.01. The van der Waals surface area contributed by atoms with Gasteiger partial charge in [0.25, 0.3) is 0 Å². The number of carbonyl (C=O) groups excluding carboxylic acids is 1. The van der Waals surface area contributed by atoms with Crippen molar-refractivity contribution >= 4 is 29.5 Å². The zero-order valence-electron chi connectivity index (χ0n) is 16.9. The summed E-state index contributed by atoms with van der Waals surface area (Å²) in [6.45, 7) is 2.68. The molecule has 0 atom stereocenters. The van der Waals surface area contributed by atoms with E-state index in [0.717, 1.165) is 22.4 Å². The molecule has 0 unspecified atom stereocenters. The Labute approximate surface area is 185 Å². The highest BCUT2D eigenvalue weighted by molar-refractivity contribution is 6.30. The molecule has 3 aromatic rings. The molecule has 0 saturated heterocycles. The van der Waals surface area contributed by atoms with Gasteiger partial charge in [0.15, 0.2) is 5.70 Å². The molecule has 0 bridgehead atoms. The molecule has 1 heterocycles. The summed E-state index contributed by atoms with van der Waals surface area (Å²) >= 11 is 5.88. The minimum Gasteiger partial charge on any atom is -0.490 e. The summed E-state index contributed by atoms with van der Waals surface area (Å²) in [6, 6.07) is 22.2. The van der Waals surface area contributed by atoms with E-state index < -0.39 is 5.97 Å². The number of hydrogen-bond donors (Lipinski definition) is 0. The lowest BCUT2D eigenvalue weighted by molar-refractivity contribution is -0.129. The maximum absolute atomic E-state index is 12.3. The molecule has 4 rings (SSSR count). The standard InChI is InChI=1S/C25H20ClNO4/c1-17-7-12-23(30-14-13-29-21-10-8-20(26)9-11-21)19(15-17)16-22-25(28)31-24(27-22)18-5-3-2-4-6-18/h2-12,15-16H,13-14H2,1H3. The number of halogens is 1. The van der Waals surface area contributed by atoms with E-state index in [0.29, 0.717) is 29.9 Å². The SMILES string of the molecule is Cc1ccc(OCCOc2ccc(Cl)cc2)c(C=C2N=C(c3ccccc3)OC2=O)c1. The average molecular weight is 434 g/mol. The van der Waals surface area contributed by atoms with E-state index in [2.05, 4.69) is 4.99 Å². The van der Waals surface area contributed by atoms with E-state index in [1.54, 1.807) is 30.3 Å². The Kier molecular flexibility index (Phi) is 6.34. The molecule has 5 nitrogen and oxygen atoms in total. The lowest BCUT2D eigenvalue weighted by Crippen LogP contribution is -2.09. The molecule has 0 aromatic heterocycles. The smallest absolute Gasteiger partial charge is 0.363 e. The van der Waals surface area contributed by atoms with Crippen LogP contribution in [0.25, 0.3) is 6.08 Å². The summed E-state index contributed by atoms with van der Waals surface area (Å²) in [6.07, 6.45) is 1.68. The minimum absolute atomic E-state index is 0.228. The van der Waals surface area contributed by atoms with Crippen LogP contribution in [0.4, 0.5) is 0 Å². The molecule has 0 aliphatic carbocycles. The molecule has 0 radical (unpaired) electrons. The summed E-state index contributed by atoms with van der Waals surface area (Å²) in [7, 11) is 0. The maximum Gasteiger partial charge on any atom is 0.363 e. The molecule has 156 valence electrons. The number of benzene rings is 3. The lowest BCUT2D eigenvalue weighted by atomic mass is 10.1. The largest absolute Gasteiger partial charge is 0.490 e. The third-order valence-corrected chi connectivity index (χ3v) is 4.77. The molecule has 0 N–H and O–H groups in total. The lowest BCUT2D eigenvalue weighted by Gasteiger charge is -2.11. The topological polar surface area (TPSA) is 57.1 Å². The monoisotopic (exact) mass is 433 g/mol. The van der Waals surface area contributed by atoms with Gasteiger partial charge < -0.3 is 14.2 Å². The van der Waals surface area contributed by atoms with Gasteiger partial charge in [-0.1, -0.05) is 41.4 Å². The highest BCUT2D eigenvalue weighted by Crippen LogP contribution is 2.26. The number of esters is 1. The first-order chi connectivity index (χ1) is 15.1. The number of aryl methyl sites for hydroxylation is 1. The van der Waals surface area contributed by atoms with Gasteiger partial charge in [-0.15, -0.1) is 0 Å². The molecule has 3 aromatic carbocycles. The Morgan fingerprint density at radius 3 is 2.48 bits per heavy atom. The van der Waals surface area contributed by atoms with Gasteiger partial charge >= 0.3 is 5.97 Å². The van der Waals surface area contributed by atoms with Gasteiger partial charge in [-0.3, -0.25) is 0 Å². The molecule has 31 heavy (non-hydrogen) atoms. The molecule has 1 aliphatic heterocycles. The van der Waals surface area contributed by atoms with Crippen LogP contribution in [0.5, 0.6) is 11.5 Å². The molecule has 1 aliphatic rings. The minimum atomic E-state index is -0.489. The van der Waals surface area contributed by atoms with Gasteiger partial charge in [0.2, 0.25) is 5.90 Å². The van der Waals surface area contributed by atoms with Crippen molar-refractivity contribution in [3.63, 3.8) is 0 Å². The summed E-state index contributed by atoms with van der Waals surface area (Å²) in [5, 5.41) is 0.657. The van der Waals surface area contributed by atoms with Crippen molar-refractivity contribution in [3.05, 3.63) is 100 Å². The number of ether oxygens (including phenoxy) is 3. The fourth-order valence-corrected chi connectivity index (χ4v) is 3.14. The maximum atomic E-state index is 12.3. The third kappa shape index (κ3) is 5.32. The number of aliphatic imine (C=N–C) groups is 1. The van der Waals surface area contributed by atoms with Gasteiger partial charge in [0.1, 0.15) is 24.7 Å². The quantitative estimate of drug-likeness (QED) is 0.282. The molecule has 6 heteroatoms. The summed E-state index contributed by atoms with van der Waals surface area (Å²) in [5.41, 5.74) is 2.76. The zero-order chi connectivity index (χ0) is 21.6. The summed E-state index contributed by atoms with van der Waals surface area (Å²) in [5.74, 6) is 1.16. The van der Waals surface area contributed by atoms with E-state index in [1.165, 1.54) is 0 Å². The molecular formula is C25H20ClNO4. The van der Waals surface area contributed by atoms with Gasteiger partial charge in [-0.2, -0.15) is 0 Å². The second-order valence-electron chi connectivity index (χ2n) is 6.89. The van der Waals surface area contributed by atoms with Crippen molar-refractivity contribution in [2.24, 2.45) is 4.99 Å². The number of nitrogens with zero attached hydrogens (tertiary/aromatic N) is 1. The Balaban J connectivity index is 1.47. The van der Waals surface area contributed by atoms with Crippen LogP contribution in [-0.2, 0) is 9.53 Å². The normalized spacial score (nSPS) is 14.3. The van der Waals surface area contributed by atoms with Crippen LogP contribution in [0.3, 0.4) is 0 Å². The van der Waals surface area contributed by atoms with Gasteiger partial charge in [-0.05, 0) is 61.5 Å². The highest BCUT2D eigenvalue weighted by atomic mass is 35.5. The van der Waals surface area contributed by atoms with Crippen molar-refractivity contribution in [1.82, 2.24) is 0 Å². The molecule has 0 fully saturated rings. The van der Waals surface area contributed by atoms with Crippen molar-refractivity contribution in [1.29, 1.82) is 0 Å². The summed E-state index contributed by atoms with van der Waals surface area (Å²) < 4.78 is 16.9. The average Bonchev–Trinajstić information content (AvgIpc) is 3.14. The second kappa shape index (κ2) is 9.49. The van der Waals surface area contributed by atoms with Crippen molar-refractivity contribution in [3.8, 4) is 11.5 Å². The molecule has 0 spiro atoms. The Morgan fingerprint density at radius 2 is 1.71 bits per heavy atom.